The van der Waals surface area contributed by atoms with E-state index in [4.69, 9.17) is 34.8 Å². The summed E-state index contributed by atoms with van der Waals surface area (Å²) < 4.78 is 0.638. The normalized spacial score (nSPS) is 21.0. The Kier molecular flexibility index (Phi) is 4.31. The number of anilines is 1. The van der Waals surface area contributed by atoms with E-state index in [9.17, 15) is 9.59 Å². The fourth-order valence-corrected chi connectivity index (χ4v) is 4.26. The van der Waals surface area contributed by atoms with Gasteiger partial charge in [-0.1, -0.05) is 34.8 Å². The number of hydrogen-bond acceptors (Lipinski definition) is 3. The molecule has 0 bridgehead atoms. The zero-order chi connectivity index (χ0) is 16.8. The van der Waals surface area contributed by atoms with Crippen LogP contribution in [0.25, 0.3) is 0 Å². The average Bonchev–Trinajstić information content (AvgIpc) is 2.91. The maximum Gasteiger partial charge on any atom is 0.329 e. The SMILES string of the molecule is CC1(Cc2ccc(Cl)s2)NC(=O)N(c2cc(Cl)cc(Cl)c2)C1=O. The molecule has 1 saturated heterocycles. The highest BCUT2D eigenvalue weighted by molar-refractivity contribution is 7.16. The molecule has 0 radical (unpaired) electrons. The molecule has 2 aromatic rings. The van der Waals surface area contributed by atoms with Crippen molar-refractivity contribution in [3.63, 3.8) is 0 Å². The van der Waals surface area contributed by atoms with Gasteiger partial charge in [0, 0.05) is 21.3 Å². The van der Waals surface area contributed by atoms with E-state index in [1.807, 2.05) is 6.07 Å². The van der Waals surface area contributed by atoms with Crippen molar-refractivity contribution in [1.29, 1.82) is 0 Å². The third-order valence-corrected chi connectivity index (χ3v) is 5.19. The van der Waals surface area contributed by atoms with Crippen molar-refractivity contribution >= 4 is 63.8 Å². The molecular weight excluding hydrogens is 379 g/mol. The average molecular weight is 390 g/mol. The van der Waals surface area contributed by atoms with Gasteiger partial charge in [0.25, 0.3) is 5.91 Å². The van der Waals surface area contributed by atoms with Gasteiger partial charge in [-0.2, -0.15) is 0 Å². The van der Waals surface area contributed by atoms with E-state index in [1.165, 1.54) is 29.5 Å². The number of imide groups is 1. The molecule has 1 aromatic heterocycles. The molecule has 4 nitrogen and oxygen atoms in total. The molecule has 1 aliphatic rings. The minimum Gasteiger partial charge on any atom is -0.323 e. The zero-order valence-corrected chi connectivity index (χ0v) is 15.0. The lowest BCUT2D eigenvalue weighted by Gasteiger charge is -2.21. The Bertz CT molecular complexity index is 788. The van der Waals surface area contributed by atoms with Gasteiger partial charge in [-0.25, -0.2) is 9.69 Å². The fraction of sp³-hybridized carbons (Fsp3) is 0.200. The second kappa shape index (κ2) is 5.98. The molecule has 0 aliphatic carbocycles. The first-order valence-corrected chi connectivity index (χ1v) is 8.60. The van der Waals surface area contributed by atoms with Crippen LogP contribution in [0, 0.1) is 0 Å². The van der Waals surface area contributed by atoms with Gasteiger partial charge in [0.2, 0.25) is 0 Å². The number of amides is 3. The summed E-state index contributed by atoms with van der Waals surface area (Å²) in [7, 11) is 0. The Morgan fingerprint density at radius 3 is 2.35 bits per heavy atom. The number of benzene rings is 1. The quantitative estimate of drug-likeness (QED) is 0.769. The van der Waals surface area contributed by atoms with E-state index in [-0.39, 0.29) is 5.91 Å². The van der Waals surface area contributed by atoms with Crippen molar-refractivity contribution < 1.29 is 9.59 Å². The predicted molar refractivity (Wildman–Crippen MR) is 93.9 cm³/mol. The van der Waals surface area contributed by atoms with Gasteiger partial charge in [-0.05, 0) is 37.3 Å². The van der Waals surface area contributed by atoms with Crippen molar-refractivity contribution in [3.8, 4) is 0 Å². The number of nitrogens with one attached hydrogen (secondary N) is 1. The Balaban J connectivity index is 1.92. The molecule has 1 N–H and O–H groups in total. The molecule has 3 rings (SSSR count). The van der Waals surface area contributed by atoms with Gasteiger partial charge in [0.1, 0.15) is 5.54 Å². The van der Waals surface area contributed by atoms with E-state index in [1.54, 1.807) is 13.0 Å². The number of halogens is 3. The van der Waals surface area contributed by atoms with Gasteiger partial charge in [0.05, 0.1) is 10.0 Å². The molecule has 23 heavy (non-hydrogen) atoms. The minimum absolute atomic E-state index is 0.345. The molecule has 0 saturated carbocycles. The van der Waals surface area contributed by atoms with Gasteiger partial charge < -0.3 is 5.32 Å². The number of carbonyl (C=O) groups excluding carboxylic acids is 2. The van der Waals surface area contributed by atoms with Crippen molar-refractivity contribution in [2.75, 3.05) is 4.90 Å². The van der Waals surface area contributed by atoms with Crippen LogP contribution in [-0.2, 0) is 11.2 Å². The number of carbonyl (C=O) groups is 2. The molecule has 2 heterocycles. The first kappa shape index (κ1) is 16.6. The van der Waals surface area contributed by atoms with Crippen LogP contribution >= 0.6 is 46.1 Å². The molecule has 120 valence electrons. The topological polar surface area (TPSA) is 49.4 Å². The van der Waals surface area contributed by atoms with Gasteiger partial charge in [-0.15, -0.1) is 11.3 Å². The summed E-state index contributed by atoms with van der Waals surface area (Å²) in [4.78, 5) is 27.1. The van der Waals surface area contributed by atoms with Crippen LogP contribution < -0.4 is 10.2 Å². The van der Waals surface area contributed by atoms with Crippen LogP contribution in [0.3, 0.4) is 0 Å². The Hall–Kier alpha value is -1.27. The van der Waals surface area contributed by atoms with E-state index >= 15 is 0 Å². The zero-order valence-electron chi connectivity index (χ0n) is 11.9. The van der Waals surface area contributed by atoms with E-state index in [2.05, 4.69) is 5.32 Å². The highest BCUT2D eigenvalue weighted by atomic mass is 35.5. The van der Waals surface area contributed by atoms with Crippen LogP contribution in [0.4, 0.5) is 10.5 Å². The van der Waals surface area contributed by atoms with Gasteiger partial charge in [0.15, 0.2) is 0 Å². The molecule has 1 unspecified atom stereocenters. The molecule has 1 atom stereocenters. The van der Waals surface area contributed by atoms with Crippen LogP contribution in [0.5, 0.6) is 0 Å². The fourth-order valence-electron chi connectivity index (χ4n) is 2.50. The lowest BCUT2D eigenvalue weighted by Crippen LogP contribution is -2.45. The molecule has 3 amide bonds. The third kappa shape index (κ3) is 3.19. The molecule has 0 spiro atoms. The molecule has 1 fully saturated rings. The van der Waals surface area contributed by atoms with Crippen LogP contribution in [0.2, 0.25) is 14.4 Å². The maximum atomic E-state index is 12.8. The summed E-state index contributed by atoms with van der Waals surface area (Å²) in [5, 5.41) is 3.45. The molecule has 8 heteroatoms. The second-order valence-corrected chi connectivity index (χ2v) is 8.09. The summed E-state index contributed by atoms with van der Waals surface area (Å²) >= 11 is 19.2. The number of urea groups is 1. The first-order valence-electron chi connectivity index (χ1n) is 6.65. The number of thiophene rings is 1. The maximum absolute atomic E-state index is 12.8. The molecular formula is C15H11Cl3N2O2S. The number of hydrogen-bond donors (Lipinski definition) is 1. The van der Waals surface area contributed by atoms with Gasteiger partial charge in [-0.3, -0.25) is 4.79 Å². The Labute approximate surface area is 151 Å². The monoisotopic (exact) mass is 388 g/mol. The lowest BCUT2D eigenvalue weighted by atomic mass is 9.97. The third-order valence-electron chi connectivity index (χ3n) is 3.52. The summed E-state index contributed by atoms with van der Waals surface area (Å²) in [6.45, 7) is 1.69. The minimum atomic E-state index is -1.04. The van der Waals surface area contributed by atoms with Crippen molar-refractivity contribution in [2.45, 2.75) is 18.9 Å². The van der Waals surface area contributed by atoms with Crippen molar-refractivity contribution in [2.24, 2.45) is 0 Å². The highest BCUT2D eigenvalue weighted by Gasteiger charge is 2.48. The largest absolute Gasteiger partial charge is 0.329 e. The molecule has 1 aromatic carbocycles. The highest BCUT2D eigenvalue weighted by Crippen LogP contribution is 2.33. The standard InChI is InChI=1S/C15H11Cl3N2O2S/c1-15(7-11-2-3-12(18)23-11)13(21)20(14(22)19-15)10-5-8(16)4-9(17)6-10/h2-6H,7H2,1H3,(H,19,22). The summed E-state index contributed by atoms with van der Waals surface area (Å²) in [6.07, 6.45) is 0.361. The van der Waals surface area contributed by atoms with Crippen molar-refractivity contribution in [3.05, 3.63) is 49.6 Å². The van der Waals surface area contributed by atoms with Crippen molar-refractivity contribution in [1.82, 2.24) is 5.32 Å². The smallest absolute Gasteiger partial charge is 0.323 e. The Morgan fingerprint density at radius 1 is 1.13 bits per heavy atom. The van der Waals surface area contributed by atoms with E-state index in [0.29, 0.717) is 26.5 Å². The van der Waals surface area contributed by atoms with E-state index in [0.717, 1.165) is 9.78 Å². The summed E-state index contributed by atoms with van der Waals surface area (Å²) in [5.41, 5.74) is -0.696. The predicted octanol–water partition coefficient (Wildman–Crippen LogP) is 4.77. The lowest BCUT2D eigenvalue weighted by molar-refractivity contribution is -0.121. The van der Waals surface area contributed by atoms with Crippen LogP contribution in [0.1, 0.15) is 11.8 Å². The van der Waals surface area contributed by atoms with Crippen LogP contribution in [-0.4, -0.2) is 17.5 Å². The summed E-state index contributed by atoms with van der Waals surface area (Å²) in [5.74, 6) is -0.356. The second-order valence-electron chi connectivity index (χ2n) is 5.41. The Morgan fingerprint density at radius 2 is 1.78 bits per heavy atom. The van der Waals surface area contributed by atoms with E-state index < -0.39 is 11.6 Å². The number of rotatable bonds is 3. The van der Waals surface area contributed by atoms with Crippen LogP contribution in [0.15, 0.2) is 30.3 Å². The first-order chi connectivity index (χ1) is 10.8. The number of nitrogens with zero attached hydrogens (tertiary/aromatic N) is 1. The van der Waals surface area contributed by atoms with Gasteiger partial charge >= 0.3 is 6.03 Å². The molecule has 1 aliphatic heterocycles. The summed E-state index contributed by atoms with van der Waals surface area (Å²) in [6, 6.07) is 7.70.